The van der Waals surface area contributed by atoms with E-state index >= 15 is 0 Å². The maximum Gasteiger partial charge on any atom is 0.240 e. The summed E-state index contributed by atoms with van der Waals surface area (Å²) < 4.78 is 0. The van der Waals surface area contributed by atoms with Gasteiger partial charge in [0, 0.05) is 6.54 Å². The molecule has 2 saturated heterocycles. The Morgan fingerprint density at radius 1 is 1.33 bits per heavy atom. The maximum absolute atomic E-state index is 12.0. The largest absolute Gasteiger partial charge is 0.391 e. The van der Waals surface area contributed by atoms with E-state index in [0.29, 0.717) is 19.5 Å². The minimum Gasteiger partial charge on any atom is -0.391 e. The predicted molar refractivity (Wildman–Crippen MR) is 64.8 cm³/mol. The molecule has 0 saturated carbocycles. The number of piperidine rings is 1. The van der Waals surface area contributed by atoms with Gasteiger partial charge < -0.3 is 20.6 Å². The normalized spacial score (nSPS) is 40.6. The molecule has 0 spiro atoms. The lowest BCUT2D eigenvalue weighted by atomic mass is 9.97. The molecule has 2 fully saturated rings. The van der Waals surface area contributed by atoms with Crippen LogP contribution in [0.5, 0.6) is 0 Å². The number of aliphatic hydroxyl groups excluding tert-OH is 3. The van der Waals surface area contributed by atoms with Crippen molar-refractivity contribution in [2.45, 2.75) is 56.6 Å². The highest BCUT2D eigenvalue weighted by Crippen LogP contribution is 2.32. The SMILES string of the molecule is CCCNC(=O)[C@@H]1[C@@H](O)[C@@H](O)[C@H]2[C@H](O)CCCN21. The van der Waals surface area contributed by atoms with E-state index in [1.807, 2.05) is 6.92 Å². The van der Waals surface area contributed by atoms with E-state index in [1.54, 1.807) is 4.90 Å². The van der Waals surface area contributed by atoms with E-state index in [1.165, 1.54) is 0 Å². The average Bonchev–Trinajstić information content (AvgIpc) is 2.60. The van der Waals surface area contributed by atoms with E-state index in [4.69, 9.17) is 0 Å². The summed E-state index contributed by atoms with van der Waals surface area (Å²) in [7, 11) is 0. The van der Waals surface area contributed by atoms with E-state index < -0.39 is 30.4 Å². The van der Waals surface area contributed by atoms with E-state index in [-0.39, 0.29) is 5.91 Å². The number of amides is 1. The van der Waals surface area contributed by atoms with Crippen LogP contribution in [-0.2, 0) is 4.79 Å². The van der Waals surface area contributed by atoms with Gasteiger partial charge in [-0.15, -0.1) is 0 Å². The van der Waals surface area contributed by atoms with Crippen LogP contribution in [0, 0.1) is 0 Å². The van der Waals surface area contributed by atoms with Crippen molar-refractivity contribution in [3.63, 3.8) is 0 Å². The third-order valence-corrected chi connectivity index (χ3v) is 3.89. The lowest BCUT2D eigenvalue weighted by Gasteiger charge is -2.36. The summed E-state index contributed by atoms with van der Waals surface area (Å²) in [4.78, 5) is 13.8. The second-order valence-corrected chi connectivity index (χ2v) is 5.16. The number of nitrogens with zero attached hydrogens (tertiary/aromatic N) is 1. The van der Waals surface area contributed by atoms with Gasteiger partial charge in [0.2, 0.25) is 5.91 Å². The molecule has 0 bridgehead atoms. The lowest BCUT2D eigenvalue weighted by Crippen LogP contribution is -2.54. The third kappa shape index (κ3) is 2.25. The van der Waals surface area contributed by atoms with Gasteiger partial charge in [-0.25, -0.2) is 0 Å². The highest BCUT2D eigenvalue weighted by Gasteiger charge is 2.54. The van der Waals surface area contributed by atoms with Crippen molar-refractivity contribution < 1.29 is 20.1 Å². The first-order chi connectivity index (χ1) is 8.57. The lowest BCUT2D eigenvalue weighted by molar-refractivity contribution is -0.129. The first kappa shape index (κ1) is 13.7. The van der Waals surface area contributed by atoms with Crippen LogP contribution in [0.1, 0.15) is 26.2 Å². The Balaban J connectivity index is 2.12. The minimum absolute atomic E-state index is 0.264. The molecule has 6 heteroatoms. The highest BCUT2D eigenvalue weighted by atomic mass is 16.3. The molecule has 2 aliphatic heterocycles. The first-order valence-corrected chi connectivity index (χ1v) is 6.65. The van der Waals surface area contributed by atoms with Crippen LogP contribution in [0.4, 0.5) is 0 Å². The number of aliphatic hydroxyl groups is 3. The molecule has 0 aromatic heterocycles. The van der Waals surface area contributed by atoms with Gasteiger partial charge in [-0.05, 0) is 25.8 Å². The molecule has 0 aromatic rings. The number of hydrogen-bond acceptors (Lipinski definition) is 5. The number of nitrogens with one attached hydrogen (secondary N) is 1. The summed E-state index contributed by atoms with van der Waals surface area (Å²) in [6, 6.07) is -1.27. The second kappa shape index (κ2) is 5.52. The summed E-state index contributed by atoms with van der Waals surface area (Å²) >= 11 is 0. The van der Waals surface area contributed by atoms with Gasteiger partial charge in [0.05, 0.1) is 18.2 Å². The molecule has 4 N–H and O–H groups in total. The van der Waals surface area contributed by atoms with E-state index in [0.717, 1.165) is 12.8 Å². The van der Waals surface area contributed by atoms with Crippen molar-refractivity contribution in [3.05, 3.63) is 0 Å². The number of rotatable bonds is 3. The van der Waals surface area contributed by atoms with Crippen LogP contribution in [-0.4, -0.2) is 69.6 Å². The molecule has 6 nitrogen and oxygen atoms in total. The third-order valence-electron chi connectivity index (χ3n) is 3.89. The molecule has 5 atom stereocenters. The van der Waals surface area contributed by atoms with Gasteiger partial charge in [-0.3, -0.25) is 9.69 Å². The number of carbonyl (C=O) groups excluding carboxylic acids is 1. The van der Waals surface area contributed by atoms with Crippen LogP contribution in [0.2, 0.25) is 0 Å². The van der Waals surface area contributed by atoms with Crippen molar-refractivity contribution in [1.29, 1.82) is 0 Å². The fraction of sp³-hybridized carbons (Fsp3) is 0.917. The summed E-state index contributed by atoms with van der Waals surface area (Å²) in [5, 5.41) is 32.6. The number of fused-ring (bicyclic) bond motifs is 1. The molecule has 1 amide bonds. The summed E-state index contributed by atoms with van der Waals surface area (Å²) in [6.07, 6.45) is -0.656. The zero-order valence-electron chi connectivity index (χ0n) is 10.6. The summed E-state index contributed by atoms with van der Waals surface area (Å²) in [5.41, 5.74) is 0. The Morgan fingerprint density at radius 2 is 2.06 bits per heavy atom. The first-order valence-electron chi connectivity index (χ1n) is 6.65. The topological polar surface area (TPSA) is 93.0 Å². The van der Waals surface area contributed by atoms with Crippen LogP contribution in [0.25, 0.3) is 0 Å². The fourth-order valence-electron chi connectivity index (χ4n) is 3.02. The Labute approximate surface area is 107 Å². The fourth-order valence-corrected chi connectivity index (χ4v) is 3.02. The van der Waals surface area contributed by atoms with E-state index in [2.05, 4.69) is 5.32 Å². The molecule has 2 rings (SSSR count). The van der Waals surface area contributed by atoms with Gasteiger partial charge in [0.15, 0.2) is 0 Å². The second-order valence-electron chi connectivity index (χ2n) is 5.16. The Bertz CT molecular complexity index is 312. The van der Waals surface area contributed by atoms with Crippen molar-refractivity contribution in [2.24, 2.45) is 0 Å². The number of carbonyl (C=O) groups is 1. The van der Waals surface area contributed by atoms with Crippen molar-refractivity contribution in [1.82, 2.24) is 10.2 Å². The van der Waals surface area contributed by atoms with Crippen LogP contribution in [0.15, 0.2) is 0 Å². The molecule has 0 aliphatic carbocycles. The van der Waals surface area contributed by atoms with Crippen molar-refractivity contribution in [3.8, 4) is 0 Å². The van der Waals surface area contributed by atoms with Crippen LogP contribution in [0.3, 0.4) is 0 Å². The molecule has 18 heavy (non-hydrogen) atoms. The van der Waals surface area contributed by atoms with Gasteiger partial charge in [0.25, 0.3) is 0 Å². The minimum atomic E-state index is -1.13. The highest BCUT2D eigenvalue weighted by molar-refractivity contribution is 5.83. The standard InChI is InChI=1S/C12H22N2O4/c1-2-5-13-12(18)9-11(17)10(16)8-7(15)4-3-6-14(8)9/h7-11,15-17H,2-6H2,1H3,(H,13,18)/t7-,8-,9+,10+,11-/m1/s1. The zero-order valence-corrected chi connectivity index (χ0v) is 10.6. The van der Waals surface area contributed by atoms with Gasteiger partial charge >= 0.3 is 0 Å². The predicted octanol–water partition coefficient (Wildman–Crippen LogP) is -1.56. The molecule has 2 aliphatic rings. The van der Waals surface area contributed by atoms with Gasteiger partial charge in [-0.2, -0.15) is 0 Å². The Morgan fingerprint density at radius 3 is 2.72 bits per heavy atom. The molecule has 0 unspecified atom stereocenters. The molecule has 104 valence electrons. The smallest absolute Gasteiger partial charge is 0.240 e. The molecule has 0 radical (unpaired) electrons. The Hall–Kier alpha value is -0.690. The van der Waals surface area contributed by atoms with Crippen LogP contribution < -0.4 is 5.32 Å². The monoisotopic (exact) mass is 258 g/mol. The van der Waals surface area contributed by atoms with Crippen LogP contribution >= 0.6 is 0 Å². The van der Waals surface area contributed by atoms with Gasteiger partial charge in [0.1, 0.15) is 12.1 Å². The molecular formula is C12H22N2O4. The van der Waals surface area contributed by atoms with Crippen molar-refractivity contribution in [2.75, 3.05) is 13.1 Å². The maximum atomic E-state index is 12.0. The van der Waals surface area contributed by atoms with Crippen molar-refractivity contribution >= 4 is 5.91 Å². The molecule has 0 aromatic carbocycles. The Kier molecular flexibility index (Phi) is 4.21. The average molecular weight is 258 g/mol. The zero-order chi connectivity index (χ0) is 13.3. The van der Waals surface area contributed by atoms with Gasteiger partial charge in [-0.1, -0.05) is 6.92 Å². The summed E-state index contributed by atoms with van der Waals surface area (Å²) in [5.74, 6) is -0.264. The molecular weight excluding hydrogens is 236 g/mol. The summed E-state index contributed by atoms with van der Waals surface area (Å²) in [6.45, 7) is 3.13. The number of hydrogen-bond donors (Lipinski definition) is 4. The van der Waals surface area contributed by atoms with E-state index in [9.17, 15) is 20.1 Å². The molecule has 2 heterocycles. The quantitative estimate of drug-likeness (QED) is 0.491.